The summed E-state index contributed by atoms with van der Waals surface area (Å²) in [5.41, 5.74) is -0.875. The predicted molar refractivity (Wildman–Crippen MR) is 69.3 cm³/mol. The number of aliphatic hydroxyl groups is 1. The molecule has 3 nitrogen and oxygen atoms in total. The Balaban J connectivity index is 2.05. The molecule has 1 N–H and O–H groups in total. The third-order valence-corrected chi connectivity index (χ3v) is 3.67. The van der Waals surface area contributed by atoms with Crippen LogP contribution in [-0.4, -0.2) is 17.3 Å². The summed E-state index contributed by atoms with van der Waals surface area (Å²) in [6, 6.07) is 6.50. The van der Waals surface area contributed by atoms with Crippen molar-refractivity contribution in [1.29, 1.82) is 0 Å². The van der Waals surface area contributed by atoms with Gasteiger partial charge in [0.1, 0.15) is 11.4 Å². The highest BCUT2D eigenvalue weighted by Gasteiger charge is 2.41. The van der Waals surface area contributed by atoms with Gasteiger partial charge >= 0.3 is 0 Å². The Labute approximate surface area is 111 Å². The summed E-state index contributed by atoms with van der Waals surface area (Å²) in [4.78, 5) is 0. The molecular formula is C15H17FO3. The van der Waals surface area contributed by atoms with Crippen LogP contribution >= 0.6 is 0 Å². The summed E-state index contributed by atoms with van der Waals surface area (Å²) in [5, 5.41) is 11.5. The van der Waals surface area contributed by atoms with Gasteiger partial charge in [-0.3, -0.25) is 0 Å². The van der Waals surface area contributed by atoms with E-state index in [1.165, 1.54) is 6.07 Å². The number of fused-ring (bicyclic) bond motifs is 1. The van der Waals surface area contributed by atoms with Crippen LogP contribution in [0.2, 0.25) is 0 Å². The second-order valence-corrected chi connectivity index (χ2v) is 5.47. The maximum Gasteiger partial charge on any atom is 0.170 e. The van der Waals surface area contributed by atoms with Crippen LogP contribution in [0, 0.1) is 5.82 Å². The normalized spacial score (nSPS) is 31.8. The Hall–Kier alpha value is -1.39. The van der Waals surface area contributed by atoms with Crippen LogP contribution in [-0.2, 0) is 10.3 Å². The molecule has 2 atom stereocenters. The molecule has 0 saturated carbocycles. The minimum absolute atomic E-state index is 0.0493. The summed E-state index contributed by atoms with van der Waals surface area (Å²) >= 11 is 0. The Morgan fingerprint density at radius 1 is 1.26 bits per heavy atom. The molecule has 0 radical (unpaired) electrons. The van der Waals surface area contributed by atoms with Crippen molar-refractivity contribution in [1.82, 2.24) is 0 Å². The minimum Gasteiger partial charge on any atom is -0.455 e. The lowest BCUT2D eigenvalue weighted by atomic mass is 9.85. The van der Waals surface area contributed by atoms with Gasteiger partial charge in [-0.2, -0.15) is 0 Å². The Morgan fingerprint density at radius 3 is 2.58 bits per heavy atom. The molecule has 0 spiro atoms. The lowest BCUT2D eigenvalue weighted by Gasteiger charge is -2.37. The molecule has 4 heteroatoms. The molecule has 1 saturated heterocycles. The first kappa shape index (κ1) is 12.6. The second kappa shape index (κ2) is 4.32. The molecule has 1 fully saturated rings. The lowest BCUT2D eigenvalue weighted by molar-refractivity contribution is -0.143. The van der Waals surface area contributed by atoms with E-state index < -0.39 is 11.4 Å². The number of ether oxygens (including phenoxy) is 1. The molecule has 19 heavy (non-hydrogen) atoms. The third-order valence-electron chi connectivity index (χ3n) is 3.67. The van der Waals surface area contributed by atoms with Gasteiger partial charge in [-0.05, 0) is 26.0 Å². The Bertz CT molecular complexity index is 594. The fourth-order valence-electron chi connectivity index (χ4n) is 2.99. The van der Waals surface area contributed by atoms with Crippen molar-refractivity contribution >= 4 is 11.0 Å². The fourth-order valence-corrected chi connectivity index (χ4v) is 2.99. The molecule has 3 rings (SSSR count). The second-order valence-electron chi connectivity index (χ2n) is 5.47. The summed E-state index contributed by atoms with van der Waals surface area (Å²) < 4.78 is 24.8. The highest BCUT2D eigenvalue weighted by Crippen LogP contribution is 2.39. The quantitative estimate of drug-likeness (QED) is 0.859. The van der Waals surface area contributed by atoms with Gasteiger partial charge in [0.2, 0.25) is 0 Å². The van der Waals surface area contributed by atoms with Crippen LogP contribution < -0.4 is 0 Å². The van der Waals surface area contributed by atoms with Crippen LogP contribution in [0.1, 0.15) is 32.4 Å². The van der Waals surface area contributed by atoms with Gasteiger partial charge in [0, 0.05) is 18.2 Å². The van der Waals surface area contributed by atoms with Crippen LogP contribution in [0.15, 0.2) is 28.7 Å². The van der Waals surface area contributed by atoms with Crippen molar-refractivity contribution in [3.8, 4) is 0 Å². The van der Waals surface area contributed by atoms with Crippen molar-refractivity contribution in [2.75, 3.05) is 0 Å². The molecular weight excluding hydrogens is 247 g/mol. The molecule has 0 amide bonds. The van der Waals surface area contributed by atoms with Crippen molar-refractivity contribution in [3.05, 3.63) is 35.8 Å². The predicted octanol–water partition coefficient (Wildman–Crippen LogP) is 3.35. The highest BCUT2D eigenvalue weighted by atomic mass is 19.1. The first-order valence-electron chi connectivity index (χ1n) is 6.54. The van der Waals surface area contributed by atoms with E-state index >= 15 is 0 Å². The number of halogens is 1. The molecule has 0 aliphatic carbocycles. The van der Waals surface area contributed by atoms with Crippen LogP contribution in [0.25, 0.3) is 11.0 Å². The van der Waals surface area contributed by atoms with Gasteiger partial charge in [0.25, 0.3) is 0 Å². The zero-order valence-corrected chi connectivity index (χ0v) is 11.0. The molecule has 1 aliphatic rings. The van der Waals surface area contributed by atoms with Crippen molar-refractivity contribution in [2.45, 2.75) is 44.5 Å². The molecule has 0 bridgehead atoms. The number of furan rings is 1. The SMILES string of the molecule is CC1CC(O)(c2cc3cccc(F)c3o2)CC(C)O1. The first-order valence-corrected chi connectivity index (χ1v) is 6.54. The first-order chi connectivity index (χ1) is 8.98. The molecule has 2 aromatic rings. The van der Waals surface area contributed by atoms with Crippen LogP contribution in [0.3, 0.4) is 0 Å². The van der Waals surface area contributed by atoms with Crippen molar-refractivity contribution in [2.24, 2.45) is 0 Å². The summed E-state index contributed by atoms with van der Waals surface area (Å²) in [6.07, 6.45) is 0.816. The monoisotopic (exact) mass is 264 g/mol. The van der Waals surface area contributed by atoms with Gasteiger partial charge in [0.05, 0.1) is 12.2 Å². The number of rotatable bonds is 1. The van der Waals surface area contributed by atoms with Gasteiger partial charge in [-0.15, -0.1) is 0 Å². The smallest absolute Gasteiger partial charge is 0.170 e. The summed E-state index contributed by atoms with van der Waals surface area (Å²) in [7, 11) is 0. The maximum absolute atomic E-state index is 13.6. The molecule has 2 heterocycles. The molecule has 1 aromatic carbocycles. The van der Waals surface area contributed by atoms with Gasteiger partial charge in [-0.25, -0.2) is 4.39 Å². The van der Waals surface area contributed by atoms with Gasteiger partial charge in [-0.1, -0.05) is 12.1 Å². The zero-order valence-electron chi connectivity index (χ0n) is 11.0. The fraction of sp³-hybridized carbons (Fsp3) is 0.467. The Kier molecular flexibility index (Phi) is 2.87. The minimum atomic E-state index is -1.08. The molecule has 102 valence electrons. The average Bonchev–Trinajstić information content (AvgIpc) is 2.73. The van der Waals surface area contributed by atoms with E-state index in [2.05, 4.69) is 0 Å². The Morgan fingerprint density at radius 2 is 1.95 bits per heavy atom. The van der Waals surface area contributed by atoms with E-state index in [0.29, 0.717) is 24.0 Å². The summed E-state index contributed by atoms with van der Waals surface area (Å²) in [6.45, 7) is 3.84. The van der Waals surface area contributed by atoms with Crippen LogP contribution in [0.4, 0.5) is 4.39 Å². The van der Waals surface area contributed by atoms with Crippen molar-refractivity contribution < 1.29 is 18.7 Å². The highest BCUT2D eigenvalue weighted by molar-refractivity contribution is 5.78. The van der Waals surface area contributed by atoms with E-state index in [4.69, 9.17) is 9.15 Å². The molecule has 2 unspecified atom stereocenters. The average molecular weight is 264 g/mol. The van der Waals surface area contributed by atoms with Gasteiger partial charge in [0.15, 0.2) is 11.4 Å². The summed E-state index contributed by atoms with van der Waals surface area (Å²) in [5.74, 6) is 0.0232. The largest absolute Gasteiger partial charge is 0.455 e. The topological polar surface area (TPSA) is 42.6 Å². The van der Waals surface area contributed by atoms with Crippen molar-refractivity contribution in [3.63, 3.8) is 0 Å². The lowest BCUT2D eigenvalue weighted by Crippen LogP contribution is -2.40. The van der Waals surface area contributed by atoms with Gasteiger partial charge < -0.3 is 14.3 Å². The van der Waals surface area contributed by atoms with E-state index in [1.807, 2.05) is 13.8 Å². The molecule has 1 aromatic heterocycles. The number of benzene rings is 1. The maximum atomic E-state index is 13.6. The van der Waals surface area contributed by atoms with E-state index in [9.17, 15) is 9.50 Å². The van der Waals surface area contributed by atoms with E-state index in [-0.39, 0.29) is 17.8 Å². The number of hydrogen-bond acceptors (Lipinski definition) is 3. The van der Waals surface area contributed by atoms with E-state index in [1.54, 1.807) is 18.2 Å². The molecule has 1 aliphatic heterocycles. The number of para-hydroxylation sites is 1. The number of hydrogen-bond donors (Lipinski definition) is 1. The standard InChI is InChI=1S/C15H17FO3/c1-9-7-15(17,8-10(2)18-9)13-6-11-4-3-5-12(16)14(11)19-13/h3-6,9-10,17H,7-8H2,1-2H3. The third kappa shape index (κ3) is 2.15. The van der Waals surface area contributed by atoms with E-state index in [0.717, 1.165) is 0 Å². The zero-order chi connectivity index (χ0) is 13.6. The van der Waals surface area contributed by atoms with Crippen LogP contribution in [0.5, 0.6) is 0 Å².